The molecule has 1 N–H and O–H groups in total. The number of rotatable bonds is 2. The van der Waals surface area contributed by atoms with Gasteiger partial charge < -0.3 is 5.32 Å². The molecular weight excluding hydrogens is 230 g/mol. The summed E-state index contributed by atoms with van der Waals surface area (Å²) in [5, 5.41) is 10.6. The summed E-state index contributed by atoms with van der Waals surface area (Å²) in [5.74, 6) is 0.691. The summed E-state index contributed by atoms with van der Waals surface area (Å²) in [4.78, 5) is 19.9. The highest BCUT2D eigenvalue weighted by atomic mass is 16.2. The Bertz CT molecular complexity index is 548. The minimum absolute atomic E-state index is 0. The lowest BCUT2D eigenvalue weighted by molar-refractivity contribution is 0.0972. The number of hydrogen-bond acceptors (Lipinski definition) is 5. The highest BCUT2D eigenvalue weighted by Gasteiger charge is 2.31. The Balaban J connectivity index is 0.00000133. The maximum Gasteiger partial charge on any atom is 0.276 e. The molecule has 0 bridgehead atoms. The van der Waals surface area contributed by atoms with Gasteiger partial charge in [0.1, 0.15) is 11.5 Å². The zero-order valence-electron chi connectivity index (χ0n) is 9.92. The third-order valence-corrected chi connectivity index (χ3v) is 2.81. The zero-order chi connectivity index (χ0) is 12.5. The standard InChI is InChI=1S/C12H12N5O.H2/c1-7-5-14-10(6-13-7)12(18)15-11-4-9(16-17-11)8-2-3-8;/h4-6,8H,2-3H2,1H3,(H,15,17,18);1H. The number of nitrogens with zero attached hydrogens (tertiary/aromatic N) is 4. The molecule has 2 aliphatic rings. The molecule has 1 aromatic heterocycles. The van der Waals surface area contributed by atoms with Gasteiger partial charge in [-0.25, -0.2) is 4.98 Å². The van der Waals surface area contributed by atoms with E-state index in [1.54, 1.807) is 6.20 Å². The average Bonchev–Trinajstić information content (AvgIpc) is 3.11. The summed E-state index contributed by atoms with van der Waals surface area (Å²) in [6.07, 6.45) is 7.15. The molecule has 1 saturated carbocycles. The molecule has 0 atom stereocenters. The Kier molecular flexibility index (Phi) is 2.62. The zero-order valence-corrected chi connectivity index (χ0v) is 9.92. The average molecular weight is 244 g/mol. The molecule has 1 fully saturated rings. The Morgan fingerprint density at radius 1 is 1.33 bits per heavy atom. The third kappa shape index (κ3) is 2.27. The van der Waals surface area contributed by atoms with Crippen LogP contribution >= 0.6 is 0 Å². The van der Waals surface area contributed by atoms with Gasteiger partial charge in [0.2, 0.25) is 0 Å². The molecule has 3 rings (SSSR count). The van der Waals surface area contributed by atoms with Crippen LogP contribution in [0.2, 0.25) is 0 Å². The van der Waals surface area contributed by atoms with Gasteiger partial charge in [0.25, 0.3) is 5.91 Å². The fourth-order valence-corrected chi connectivity index (χ4v) is 1.64. The van der Waals surface area contributed by atoms with Crippen molar-refractivity contribution in [1.82, 2.24) is 15.3 Å². The normalized spacial score (nSPS) is 18.3. The maximum absolute atomic E-state index is 11.8. The highest BCUT2D eigenvalue weighted by molar-refractivity contribution is 6.22. The number of aromatic nitrogens is 2. The lowest BCUT2D eigenvalue weighted by Crippen LogP contribution is -2.31. The van der Waals surface area contributed by atoms with E-state index in [9.17, 15) is 4.79 Å². The molecule has 0 aromatic carbocycles. The number of nitrogens with one attached hydrogen (secondary N) is 1. The molecule has 6 heteroatoms. The van der Waals surface area contributed by atoms with Crippen LogP contribution in [0.5, 0.6) is 0 Å². The first-order chi connectivity index (χ1) is 8.72. The van der Waals surface area contributed by atoms with Crippen molar-refractivity contribution in [2.75, 3.05) is 0 Å². The smallest absolute Gasteiger partial charge is 0.276 e. The van der Waals surface area contributed by atoms with Crippen LogP contribution in [0, 0.1) is 19.3 Å². The topological polar surface area (TPSA) is 79.6 Å². The molecule has 18 heavy (non-hydrogen) atoms. The first-order valence-electron chi connectivity index (χ1n) is 5.82. The molecule has 0 spiro atoms. The van der Waals surface area contributed by atoms with Gasteiger partial charge in [0.05, 0.1) is 24.0 Å². The number of aryl methyl sites for hydroxylation is 1. The van der Waals surface area contributed by atoms with Gasteiger partial charge in [0.15, 0.2) is 0 Å². The molecular formula is C12H14N5O. The molecule has 0 unspecified atom stereocenters. The van der Waals surface area contributed by atoms with Crippen LogP contribution in [0.25, 0.3) is 0 Å². The van der Waals surface area contributed by atoms with Gasteiger partial charge >= 0.3 is 0 Å². The monoisotopic (exact) mass is 244 g/mol. The van der Waals surface area contributed by atoms with Crippen LogP contribution in [0.3, 0.4) is 0 Å². The van der Waals surface area contributed by atoms with Gasteiger partial charge in [-0.3, -0.25) is 9.78 Å². The van der Waals surface area contributed by atoms with Crippen molar-refractivity contribution in [2.45, 2.75) is 19.8 Å². The fourth-order valence-electron chi connectivity index (χ4n) is 1.64. The minimum atomic E-state index is -0.315. The van der Waals surface area contributed by atoms with Crippen molar-refractivity contribution in [3.63, 3.8) is 0 Å². The van der Waals surface area contributed by atoms with E-state index in [-0.39, 0.29) is 13.0 Å². The van der Waals surface area contributed by atoms with Crippen LogP contribution < -0.4 is 5.32 Å². The van der Waals surface area contributed by atoms with Crippen LogP contribution in [0.1, 0.15) is 30.5 Å². The number of amides is 1. The van der Waals surface area contributed by atoms with Gasteiger partial charge in [-0.2, -0.15) is 5.10 Å². The van der Waals surface area contributed by atoms with Crippen molar-refractivity contribution in [3.8, 4) is 0 Å². The van der Waals surface area contributed by atoms with E-state index in [1.165, 1.54) is 6.20 Å². The van der Waals surface area contributed by atoms with E-state index >= 15 is 0 Å². The van der Waals surface area contributed by atoms with Crippen LogP contribution in [0.15, 0.2) is 22.6 Å². The molecule has 0 saturated heterocycles. The van der Waals surface area contributed by atoms with E-state index in [0.717, 1.165) is 24.2 Å². The lowest BCUT2D eigenvalue weighted by Gasteiger charge is -2.03. The second-order valence-corrected chi connectivity index (χ2v) is 4.43. The molecule has 6 nitrogen and oxygen atoms in total. The van der Waals surface area contributed by atoms with E-state index in [0.29, 0.717) is 11.8 Å². The van der Waals surface area contributed by atoms with Gasteiger partial charge in [-0.15, -0.1) is 5.10 Å². The predicted molar refractivity (Wildman–Crippen MR) is 68.2 cm³/mol. The van der Waals surface area contributed by atoms with Crippen molar-refractivity contribution >= 4 is 17.5 Å². The van der Waals surface area contributed by atoms with Crippen molar-refractivity contribution < 1.29 is 6.22 Å². The Morgan fingerprint density at radius 3 is 2.83 bits per heavy atom. The number of carbonyl (C=O) groups is 1. The van der Waals surface area contributed by atoms with Gasteiger partial charge in [-0.05, 0) is 25.7 Å². The molecule has 1 aliphatic carbocycles. The molecule has 2 heterocycles. The van der Waals surface area contributed by atoms with Crippen LogP contribution in [-0.2, 0) is 0 Å². The summed E-state index contributed by atoms with van der Waals surface area (Å²) in [6.45, 7) is 1.82. The summed E-state index contributed by atoms with van der Waals surface area (Å²) in [6, 6.07) is 0. The second kappa shape index (κ2) is 4.29. The largest absolute Gasteiger partial charge is 0.307 e. The molecule has 1 aliphatic heterocycles. The minimum Gasteiger partial charge on any atom is -0.307 e. The summed E-state index contributed by atoms with van der Waals surface area (Å²) in [7, 11) is 0. The molecule has 1 amide bonds. The Labute approximate surface area is 106 Å². The molecule has 93 valence electrons. The number of carbonyl (C=O) groups excluding carboxylic acids is 1. The van der Waals surface area contributed by atoms with Crippen LogP contribution in [0.4, 0.5) is 0 Å². The first kappa shape index (κ1) is 11.0. The van der Waals surface area contributed by atoms with Gasteiger partial charge in [-0.1, -0.05) is 0 Å². The van der Waals surface area contributed by atoms with E-state index in [4.69, 9.17) is 0 Å². The summed E-state index contributed by atoms with van der Waals surface area (Å²) >= 11 is 0. The highest BCUT2D eigenvalue weighted by Crippen LogP contribution is 2.32. The second-order valence-electron chi connectivity index (χ2n) is 4.43. The number of amidine groups is 1. The molecule has 1 aromatic rings. The van der Waals surface area contributed by atoms with Crippen LogP contribution in [-0.4, -0.2) is 27.4 Å². The quantitative estimate of drug-likeness (QED) is 0.847. The SMILES string of the molecule is Cc1cnc(C(=O)NC2=NN=C(C3CC3)[CH]2)cn1.[HH]. The first-order valence-corrected chi connectivity index (χ1v) is 5.82. The van der Waals surface area contributed by atoms with Crippen molar-refractivity contribution in [1.29, 1.82) is 0 Å². The summed E-state index contributed by atoms with van der Waals surface area (Å²) in [5.41, 5.74) is 2.01. The van der Waals surface area contributed by atoms with Gasteiger partial charge in [0, 0.05) is 7.62 Å². The maximum atomic E-state index is 11.8. The third-order valence-electron chi connectivity index (χ3n) is 2.81. The van der Waals surface area contributed by atoms with Crippen molar-refractivity contribution in [2.24, 2.45) is 16.1 Å². The fraction of sp³-hybridized carbons (Fsp3) is 0.333. The Morgan fingerprint density at radius 2 is 2.17 bits per heavy atom. The summed E-state index contributed by atoms with van der Waals surface area (Å²) < 4.78 is 0. The van der Waals surface area contributed by atoms with Crippen molar-refractivity contribution in [3.05, 3.63) is 30.2 Å². The Hall–Kier alpha value is -2.11. The lowest BCUT2D eigenvalue weighted by atomic mass is 10.2. The van der Waals surface area contributed by atoms with E-state index in [2.05, 4.69) is 25.5 Å². The number of hydrogen-bond donors (Lipinski definition) is 1. The predicted octanol–water partition coefficient (Wildman–Crippen LogP) is 1.14. The molecule has 1 radical (unpaired) electrons. The van der Waals surface area contributed by atoms with E-state index < -0.39 is 0 Å². The van der Waals surface area contributed by atoms with E-state index in [1.807, 2.05) is 13.3 Å².